The van der Waals surface area contributed by atoms with Crippen molar-refractivity contribution in [1.82, 2.24) is 19.9 Å². The first-order valence-corrected chi connectivity index (χ1v) is 12.2. The number of imidazole rings is 1. The average molecular weight is 482 g/mol. The van der Waals surface area contributed by atoms with Crippen molar-refractivity contribution in [3.05, 3.63) is 46.8 Å². The number of methoxy groups -OCH3 is 1. The number of hydrogen-bond acceptors (Lipinski definition) is 9. The van der Waals surface area contributed by atoms with Crippen LogP contribution in [0.1, 0.15) is 44.1 Å². The maximum Gasteiger partial charge on any atom is 0.349 e. The average Bonchev–Trinajstić information content (AvgIpc) is 3.53. The predicted molar refractivity (Wildman–Crippen MR) is 128 cm³/mol. The number of nitrogens with one attached hydrogen (secondary N) is 1. The Morgan fingerprint density at radius 3 is 2.74 bits per heavy atom. The van der Waals surface area contributed by atoms with E-state index in [1.165, 1.54) is 6.33 Å². The maximum atomic E-state index is 13.2. The van der Waals surface area contributed by atoms with Crippen molar-refractivity contribution >= 4 is 34.7 Å². The Labute approximate surface area is 201 Å². The number of ether oxygens (including phenoxy) is 2. The van der Waals surface area contributed by atoms with Gasteiger partial charge in [-0.2, -0.15) is 0 Å². The fourth-order valence-electron chi connectivity index (χ4n) is 4.99. The standard InChI is InChI=1S/C24H27N5O4S/c1-32-16-8-6-14(7-9-16)10-11-24(15-4-2-3-5-15)12-17(30)19(22(31)33-24)34-23-28-20(25)18-21(29-23)27-13-26-18/h6-9,13,15,30H,2-5,10-12H2,1H3,(H3,25,26,27,28,29). The third-order valence-electron chi connectivity index (χ3n) is 6.79. The van der Waals surface area contributed by atoms with Crippen LogP contribution in [-0.2, 0) is 16.0 Å². The number of carbonyl (C=O) groups is 1. The fraction of sp³-hybridized carbons (Fsp3) is 0.417. The van der Waals surface area contributed by atoms with Gasteiger partial charge in [0.1, 0.15) is 27.5 Å². The van der Waals surface area contributed by atoms with Crippen molar-refractivity contribution in [2.45, 2.75) is 55.7 Å². The minimum absolute atomic E-state index is 0.0205. The zero-order valence-electron chi connectivity index (χ0n) is 18.9. The molecule has 1 aromatic carbocycles. The molecule has 1 atom stereocenters. The summed E-state index contributed by atoms with van der Waals surface area (Å²) in [5.41, 5.74) is 7.32. The molecule has 0 saturated heterocycles. The molecular weight excluding hydrogens is 454 g/mol. The molecule has 0 radical (unpaired) electrons. The van der Waals surface area contributed by atoms with Gasteiger partial charge >= 0.3 is 5.97 Å². The molecule has 1 aliphatic heterocycles. The monoisotopic (exact) mass is 481 g/mol. The smallest absolute Gasteiger partial charge is 0.349 e. The van der Waals surface area contributed by atoms with Gasteiger partial charge in [-0.25, -0.2) is 19.7 Å². The first-order chi connectivity index (χ1) is 16.5. The van der Waals surface area contributed by atoms with Gasteiger partial charge in [-0.3, -0.25) is 0 Å². The Hall–Kier alpha value is -3.27. The number of aromatic nitrogens is 4. The molecule has 1 fully saturated rings. The van der Waals surface area contributed by atoms with E-state index in [0.717, 1.165) is 55.2 Å². The van der Waals surface area contributed by atoms with E-state index in [-0.39, 0.29) is 34.0 Å². The van der Waals surface area contributed by atoms with E-state index in [2.05, 4.69) is 19.9 Å². The third kappa shape index (κ3) is 4.29. The fourth-order valence-corrected chi connectivity index (χ4v) is 5.77. The van der Waals surface area contributed by atoms with Crippen molar-refractivity contribution in [1.29, 1.82) is 0 Å². The molecule has 5 rings (SSSR count). The molecule has 2 aliphatic rings. The zero-order valence-corrected chi connectivity index (χ0v) is 19.7. The number of benzene rings is 1. The summed E-state index contributed by atoms with van der Waals surface area (Å²) in [6, 6.07) is 7.91. The molecule has 10 heteroatoms. The van der Waals surface area contributed by atoms with Gasteiger partial charge in [-0.15, -0.1) is 0 Å². The number of carbonyl (C=O) groups excluding carboxylic acids is 1. The van der Waals surface area contributed by atoms with Crippen LogP contribution in [0, 0.1) is 5.92 Å². The number of esters is 1. The number of aryl methyl sites for hydroxylation is 1. The quantitative estimate of drug-likeness (QED) is 0.333. The molecule has 2 aromatic heterocycles. The van der Waals surface area contributed by atoms with Crippen molar-refractivity contribution in [2.75, 3.05) is 12.8 Å². The first kappa shape index (κ1) is 22.5. The highest BCUT2D eigenvalue weighted by atomic mass is 32.2. The Kier molecular flexibility index (Phi) is 6.07. The lowest BCUT2D eigenvalue weighted by atomic mass is 9.77. The minimum Gasteiger partial charge on any atom is -0.511 e. The number of aliphatic hydroxyl groups excluding tert-OH is 1. The van der Waals surface area contributed by atoms with Crippen molar-refractivity contribution in [3.63, 3.8) is 0 Å². The number of rotatable bonds is 7. The Bertz CT molecular complexity index is 1240. The number of aromatic amines is 1. The zero-order chi connectivity index (χ0) is 23.7. The van der Waals surface area contributed by atoms with Crippen LogP contribution in [0.15, 0.2) is 46.4 Å². The van der Waals surface area contributed by atoms with Gasteiger partial charge in [0.25, 0.3) is 0 Å². The van der Waals surface area contributed by atoms with Crippen LogP contribution in [0.3, 0.4) is 0 Å². The van der Waals surface area contributed by atoms with Gasteiger partial charge < -0.3 is 25.3 Å². The van der Waals surface area contributed by atoms with E-state index >= 15 is 0 Å². The first-order valence-electron chi connectivity index (χ1n) is 11.4. The highest BCUT2D eigenvalue weighted by molar-refractivity contribution is 8.03. The number of nitrogens with zero attached hydrogens (tertiary/aromatic N) is 3. The second-order valence-electron chi connectivity index (χ2n) is 8.83. The molecule has 178 valence electrons. The summed E-state index contributed by atoms with van der Waals surface area (Å²) in [7, 11) is 1.64. The van der Waals surface area contributed by atoms with Crippen LogP contribution in [0.4, 0.5) is 5.82 Å². The second kappa shape index (κ2) is 9.17. The topological polar surface area (TPSA) is 136 Å². The highest BCUT2D eigenvalue weighted by Crippen LogP contribution is 2.47. The van der Waals surface area contributed by atoms with Gasteiger partial charge in [0, 0.05) is 6.42 Å². The predicted octanol–water partition coefficient (Wildman–Crippen LogP) is 4.31. The molecule has 0 bridgehead atoms. The summed E-state index contributed by atoms with van der Waals surface area (Å²) < 4.78 is 11.4. The molecule has 3 heterocycles. The van der Waals surface area contributed by atoms with E-state index in [1.54, 1.807) is 7.11 Å². The van der Waals surface area contributed by atoms with Crippen LogP contribution >= 0.6 is 11.8 Å². The molecule has 0 spiro atoms. The number of nitrogen functional groups attached to an aromatic ring is 1. The molecule has 34 heavy (non-hydrogen) atoms. The number of fused-ring (bicyclic) bond motifs is 1. The summed E-state index contributed by atoms with van der Waals surface area (Å²) in [5.74, 6) is 0.730. The SMILES string of the molecule is COc1ccc(CCC2(C3CCCC3)CC(O)=C(Sc3nc(N)c4[nH]cnc4n3)C(=O)O2)cc1. The van der Waals surface area contributed by atoms with Crippen LogP contribution in [-0.4, -0.2) is 43.7 Å². The Morgan fingerprint density at radius 1 is 1.26 bits per heavy atom. The van der Waals surface area contributed by atoms with E-state index in [0.29, 0.717) is 17.6 Å². The summed E-state index contributed by atoms with van der Waals surface area (Å²) in [6.45, 7) is 0. The lowest BCUT2D eigenvalue weighted by molar-refractivity contribution is -0.166. The van der Waals surface area contributed by atoms with Crippen LogP contribution in [0.2, 0.25) is 0 Å². The van der Waals surface area contributed by atoms with E-state index in [4.69, 9.17) is 15.2 Å². The molecular formula is C24H27N5O4S. The lowest BCUT2D eigenvalue weighted by Crippen LogP contribution is -2.45. The number of H-pyrrole nitrogens is 1. The molecule has 1 saturated carbocycles. The summed E-state index contributed by atoms with van der Waals surface area (Å²) >= 11 is 0.960. The van der Waals surface area contributed by atoms with Gasteiger partial charge in [-0.05, 0) is 61.1 Å². The van der Waals surface area contributed by atoms with Crippen LogP contribution in [0.25, 0.3) is 11.2 Å². The molecule has 9 nitrogen and oxygen atoms in total. The molecule has 0 amide bonds. The minimum atomic E-state index is -0.728. The summed E-state index contributed by atoms with van der Waals surface area (Å²) in [4.78, 5) is 28.8. The van der Waals surface area contributed by atoms with Gasteiger partial charge in [-0.1, -0.05) is 25.0 Å². The lowest BCUT2D eigenvalue weighted by Gasteiger charge is -2.41. The second-order valence-corrected chi connectivity index (χ2v) is 9.81. The number of anilines is 1. The largest absolute Gasteiger partial charge is 0.511 e. The third-order valence-corrected chi connectivity index (χ3v) is 7.76. The van der Waals surface area contributed by atoms with Gasteiger partial charge in [0.05, 0.1) is 13.4 Å². The molecule has 4 N–H and O–H groups in total. The summed E-state index contributed by atoms with van der Waals surface area (Å²) in [6.07, 6.45) is 7.32. The van der Waals surface area contributed by atoms with Crippen molar-refractivity contribution in [2.24, 2.45) is 5.92 Å². The van der Waals surface area contributed by atoms with Crippen molar-refractivity contribution in [3.8, 4) is 5.75 Å². The van der Waals surface area contributed by atoms with E-state index < -0.39 is 11.6 Å². The van der Waals surface area contributed by atoms with Crippen molar-refractivity contribution < 1.29 is 19.4 Å². The maximum absolute atomic E-state index is 13.2. The number of cyclic esters (lactones) is 1. The van der Waals surface area contributed by atoms with Crippen LogP contribution in [0.5, 0.6) is 5.75 Å². The van der Waals surface area contributed by atoms with E-state index in [1.807, 2.05) is 24.3 Å². The summed E-state index contributed by atoms with van der Waals surface area (Å²) in [5, 5.41) is 11.3. The molecule has 1 aliphatic carbocycles. The normalized spacial score (nSPS) is 21.3. The van der Waals surface area contributed by atoms with Crippen LogP contribution < -0.4 is 10.5 Å². The Balaban J connectivity index is 1.39. The van der Waals surface area contributed by atoms with Gasteiger partial charge in [0.2, 0.25) is 0 Å². The number of hydrogen-bond donors (Lipinski definition) is 3. The number of thioether (sulfide) groups is 1. The highest BCUT2D eigenvalue weighted by Gasteiger charge is 2.48. The van der Waals surface area contributed by atoms with E-state index in [9.17, 15) is 9.90 Å². The molecule has 1 unspecified atom stereocenters. The number of aliphatic hydroxyl groups is 1. The van der Waals surface area contributed by atoms with Gasteiger partial charge in [0.15, 0.2) is 16.6 Å². The Morgan fingerprint density at radius 2 is 2.03 bits per heavy atom. The number of nitrogens with two attached hydrogens (primary N) is 1. The molecule has 3 aromatic rings.